The number of hydrogen-bond donors (Lipinski definition) is 1. The molecule has 0 fully saturated rings. The van der Waals surface area contributed by atoms with Crippen LogP contribution in [0.15, 0.2) is 36.7 Å². The molecule has 0 bridgehead atoms. The Morgan fingerprint density at radius 3 is 2.71 bits per heavy atom. The Hall–Kier alpha value is -2.96. The van der Waals surface area contributed by atoms with Crippen LogP contribution in [0.2, 0.25) is 0 Å². The van der Waals surface area contributed by atoms with Crippen molar-refractivity contribution in [1.29, 1.82) is 0 Å². The van der Waals surface area contributed by atoms with Gasteiger partial charge in [-0.05, 0) is 26.0 Å². The van der Waals surface area contributed by atoms with E-state index in [1.54, 1.807) is 21.6 Å². The third-order valence-electron chi connectivity index (χ3n) is 3.82. The van der Waals surface area contributed by atoms with Crippen LogP contribution >= 0.6 is 0 Å². The van der Waals surface area contributed by atoms with Crippen LogP contribution in [0.3, 0.4) is 0 Å². The Morgan fingerprint density at radius 1 is 1.29 bits per heavy atom. The zero-order chi connectivity index (χ0) is 17.3. The van der Waals surface area contributed by atoms with Crippen LogP contribution in [0.4, 0.5) is 0 Å². The quantitative estimate of drug-likeness (QED) is 0.796. The molecule has 1 amide bonds. The summed E-state index contributed by atoms with van der Waals surface area (Å²) in [6.07, 6.45) is 3.65. The minimum absolute atomic E-state index is 0.119. The van der Waals surface area contributed by atoms with Crippen molar-refractivity contribution in [3.05, 3.63) is 53.6 Å². The summed E-state index contributed by atoms with van der Waals surface area (Å²) in [6, 6.07) is 7.27. The molecule has 0 radical (unpaired) electrons. The smallest absolute Gasteiger partial charge is 0.251 e. The van der Waals surface area contributed by atoms with Gasteiger partial charge in [-0.3, -0.25) is 9.48 Å². The van der Waals surface area contributed by atoms with Crippen LogP contribution in [-0.2, 0) is 14.1 Å². The Balaban J connectivity index is 1.80. The van der Waals surface area contributed by atoms with Crippen molar-refractivity contribution in [3.8, 4) is 11.4 Å². The van der Waals surface area contributed by atoms with Gasteiger partial charge in [0.2, 0.25) is 0 Å². The molecule has 0 aliphatic heterocycles. The van der Waals surface area contributed by atoms with Crippen molar-refractivity contribution in [2.24, 2.45) is 14.1 Å². The predicted octanol–water partition coefficient (Wildman–Crippen LogP) is 2.02. The number of amides is 1. The molecule has 3 rings (SSSR count). The lowest BCUT2D eigenvalue weighted by molar-refractivity contribution is 0.0940. The van der Waals surface area contributed by atoms with Crippen molar-refractivity contribution < 1.29 is 4.79 Å². The number of aryl methyl sites for hydroxylation is 3. The zero-order valence-corrected chi connectivity index (χ0v) is 14.2. The second-order valence-electron chi connectivity index (χ2n) is 5.83. The molecule has 3 aromatic rings. The van der Waals surface area contributed by atoms with Crippen LogP contribution in [0.5, 0.6) is 0 Å². The van der Waals surface area contributed by atoms with E-state index in [4.69, 9.17) is 0 Å². The van der Waals surface area contributed by atoms with Gasteiger partial charge in [0.25, 0.3) is 5.91 Å². The molecule has 7 nitrogen and oxygen atoms in total. The maximum atomic E-state index is 12.5. The minimum Gasteiger partial charge on any atom is -0.345 e. The Bertz CT molecular complexity index is 879. The highest BCUT2D eigenvalue weighted by molar-refractivity contribution is 5.95. The molecule has 2 aromatic heterocycles. The number of nitrogens with one attached hydrogen (secondary N) is 1. The molecule has 2 heterocycles. The first-order valence-electron chi connectivity index (χ1n) is 7.71. The number of rotatable bonds is 4. The second kappa shape index (κ2) is 6.27. The van der Waals surface area contributed by atoms with Crippen LogP contribution in [0.25, 0.3) is 11.4 Å². The standard InChI is InChI=1S/C17H20N6O/c1-11(15-9-18-22(3)10-15)19-17(24)14-7-5-6-13(8-14)16-20-12(2)21-23(16)4/h5-11H,1-4H3,(H,19,24)/t11-/m1/s1. The van der Waals surface area contributed by atoms with E-state index in [-0.39, 0.29) is 11.9 Å². The van der Waals surface area contributed by atoms with Crippen molar-refractivity contribution in [2.75, 3.05) is 0 Å². The van der Waals surface area contributed by atoms with E-state index in [2.05, 4.69) is 20.5 Å². The predicted molar refractivity (Wildman–Crippen MR) is 90.3 cm³/mol. The van der Waals surface area contributed by atoms with E-state index in [0.29, 0.717) is 11.4 Å². The van der Waals surface area contributed by atoms with Gasteiger partial charge in [-0.1, -0.05) is 12.1 Å². The molecule has 0 spiro atoms. The molecule has 24 heavy (non-hydrogen) atoms. The third kappa shape index (κ3) is 3.19. The first-order chi connectivity index (χ1) is 11.4. The third-order valence-corrected chi connectivity index (χ3v) is 3.82. The van der Waals surface area contributed by atoms with Gasteiger partial charge in [-0.25, -0.2) is 9.67 Å². The Kier molecular flexibility index (Phi) is 4.16. The van der Waals surface area contributed by atoms with Gasteiger partial charge in [0, 0.05) is 37.0 Å². The van der Waals surface area contributed by atoms with E-state index in [1.807, 2.05) is 52.3 Å². The maximum absolute atomic E-state index is 12.5. The first-order valence-corrected chi connectivity index (χ1v) is 7.71. The second-order valence-corrected chi connectivity index (χ2v) is 5.83. The number of hydrogen-bond acceptors (Lipinski definition) is 4. The summed E-state index contributed by atoms with van der Waals surface area (Å²) in [6.45, 7) is 3.78. The highest BCUT2D eigenvalue weighted by Crippen LogP contribution is 2.19. The van der Waals surface area contributed by atoms with E-state index >= 15 is 0 Å². The van der Waals surface area contributed by atoms with E-state index in [9.17, 15) is 4.79 Å². The lowest BCUT2D eigenvalue weighted by atomic mass is 10.1. The van der Waals surface area contributed by atoms with Crippen molar-refractivity contribution >= 4 is 5.91 Å². The van der Waals surface area contributed by atoms with Gasteiger partial charge in [0.15, 0.2) is 5.82 Å². The monoisotopic (exact) mass is 324 g/mol. The molecule has 0 saturated heterocycles. The molecule has 1 atom stereocenters. The zero-order valence-electron chi connectivity index (χ0n) is 14.2. The molecule has 0 aliphatic rings. The summed E-state index contributed by atoms with van der Waals surface area (Å²) in [4.78, 5) is 16.9. The fraction of sp³-hybridized carbons (Fsp3) is 0.294. The normalized spacial score (nSPS) is 12.2. The Labute approximate surface area is 140 Å². The van der Waals surface area contributed by atoms with Gasteiger partial charge in [0.1, 0.15) is 5.82 Å². The highest BCUT2D eigenvalue weighted by atomic mass is 16.1. The van der Waals surface area contributed by atoms with Gasteiger partial charge >= 0.3 is 0 Å². The van der Waals surface area contributed by atoms with E-state index in [0.717, 1.165) is 17.0 Å². The molecule has 7 heteroatoms. The molecule has 0 saturated carbocycles. The minimum atomic E-state index is -0.132. The molecule has 1 N–H and O–H groups in total. The molecular weight excluding hydrogens is 304 g/mol. The lowest BCUT2D eigenvalue weighted by Crippen LogP contribution is -2.26. The van der Waals surface area contributed by atoms with Gasteiger partial charge in [-0.15, -0.1) is 0 Å². The largest absolute Gasteiger partial charge is 0.345 e. The van der Waals surface area contributed by atoms with E-state index in [1.165, 1.54) is 0 Å². The lowest BCUT2D eigenvalue weighted by Gasteiger charge is -2.12. The van der Waals surface area contributed by atoms with Gasteiger partial charge in [-0.2, -0.15) is 10.2 Å². The molecular formula is C17H20N6O. The van der Waals surface area contributed by atoms with Gasteiger partial charge in [0.05, 0.1) is 12.2 Å². The Morgan fingerprint density at radius 2 is 2.08 bits per heavy atom. The summed E-state index contributed by atoms with van der Waals surface area (Å²) in [7, 11) is 3.69. The van der Waals surface area contributed by atoms with Crippen LogP contribution < -0.4 is 5.32 Å². The summed E-state index contributed by atoms with van der Waals surface area (Å²) in [5.41, 5.74) is 2.41. The number of carbonyl (C=O) groups excluding carboxylic acids is 1. The van der Waals surface area contributed by atoms with Crippen LogP contribution in [0, 0.1) is 6.92 Å². The van der Waals surface area contributed by atoms with Crippen molar-refractivity contribution in [2.45, 2.75) is 19.9 Å². The first kappa shape index (κ1) is 15.9. The van der Waals surface area contributed by atoms with E-state index < -0.39 is 0 Å². The summed E-state index contributed by atoms with van der Waals surface area (Å²) >= 11 is 0. The topological polar surface area (TPSA) is 77.6 Å². The SMILES string of the molecule is Cc1nc(-c2cccc(C(=O)N[C@H](C)c3cnn(C)c3)c2)n(C)n1. The summed E-state index contributed by atoms with van der Waals surface area (Å²) < 4.78 is 3.43. The van der Waals surface area contributed by atoms with Crippen molar-refractivity contribution in [1.82, 2.24) is 29.9 Å². The van der Waals surface area contributed by atoms with Crippen LogP contribution in [-0.4, -0.2) is 30.5 Å². The summed E-state index contributed by atoms with van der Waals surface area (Å²) in [5.74, 6) is 1.31. The molecule has 0 unspecified atom stereocenters. The number of nitrogens with zero attached hydrogens (tertiary/aromatic N) is 5. The van der Waals surface area contributed by atoms with Crippen LogP contribution in [0.1, 0.15) is 34.7 Å². The molecule has 124 valence electrons. The molecule has 0 aliphatic carbocycles. The number of aromatic nitrogens is 5. The maximum Gasteiger partial charge on any atom is 0.251 e. The summed E-state index contributed by atoms with van der Waals surface area (Å²) in [5, 5.41) is 11.4. The van der Waals surface area contributed by atoms with Crippen molar-refractivity contribution in [3.63, 3.8) is 0 Å². The van der Waals surface area contributed by atoms with Gasteiger partial charge < -0.3 is 5.32 Å². The number of benzene rings is 1. The highest BCUT2D eigenvalue weighted by Gasteiger charge is 2.14. The average Bonchev–Trinajstić information content (AvgIpc) is 3.12. The molecule has 1 aromatic carbocycles. The fourth-order valence-corrected chi connectivity index (χ4v) is 2.59. The fourth-order valence-electron chi connectivity index (χ4n) is 2.59. The average molecular weight is 324 g/mol. The number of carbonyl (C=O) groups is 1.